The molecule has 0 aliphatic carbocycles. The number of amides is 1. The van der Waals surface area contributed by atoms with E-state index in [1.54, 1.807) is 24.5 Å². The lowest BCUT2D eigenvalue weighted by molar-refractivity contribution is -0.118. The van der Waals surface area contributed by atoms with E-state index in [4.69, 9.17) is 0 Å². The minimum atomic E-state index is -0.611. The van der Waals surface area contributed by atoms with Crippen molar-refractivity contribution in [3.63, 3.8) is 0 Å². The predicted octanol–water partition coefficient (Wildman–Crippen LogP) is 0.478. The third kappa shape index (κ3) is 17.7. The molecular weight excluding hydrogens is 162 g/mol. The molecule has 0 aliphatic rings. The van der Waals surface area contributed by atoms with Crippen LogP contribution in [0.1, 0.15) is 13.8 Å². The van der Waals surface area contributed by atoms with E-state index in [2.05, 4.69) is 0 Å². The molecule has 0 unspecified atom stereocenters. The highest BCUT2D eigenvalue weighted by atomic mass is 32.2. The quantitative estimate of drug-likeness (QED) is 0.578. The largest absolute Gasteiger partial charge is 0.346 e. The van der Waals surface area contributed by atoms with E-state index in [-0.39, 0.29) is 0 Å². The van der Waals surface area contributed by atoms with E-state index in [9.17, 15) is 9.00 Å². The Balaban J connectivity index is 0. The monoisotopic (exact) mass is 179 g/mol. The van der Waals surface area contributed by atoms with Crippen LogP contribution in [0, 0.1) is 0 Å². The molecule has 0 saturated heterocycles. The Hall–Kier alpha value is -0.380. The van der Waals surface area contributed by atoms with Crippen LogP contribution in [-0.2, 0) is 15.6 Å². The van der Waals surface area contributed by atoms with Crippen LogP contribution < -0.4 is 0 Å². The second kappa shape index (κ2) is 7.72. The number of carbonyl (C=O) groups excluding carboxylic acids is 1. The summed E-state index contributed by atoms with van der Waals surface area (Å²) < 4.78 is 9.56. The lowest BCUT2D eigenvalue weighted by Crippen LogP contribution is -2.23. The first kappa shape index (κ1) is 13.2. The molecule has 0 saturated carbocycles. The van der Waals surface area contributed by atoms with Crippen LogP contribution in [0.2, 0.25) is 0 Å². The van der Waals surface area contributed by atoms with Crippen LogP contribution in [-0.4, -0.2) is 41.1 Å². The van der Waals surface area contributed by atoms with Crippen molar-refractivity contribution in [1.29, 1.82) is 0 Å². The van der Waals surface area contributed by atoms with Crippen LogP contribution >= 0.6 is 0 Å². The topological polar surface area (TPSA) is 37.4 Å². The van der Waals surface area contributed by atoms with Gasteiger partial charge in [0, 0.05) is 36.4 Å². The van der Waals surface area contributed by atoms with Gasteiger partial charge in [-0.05, 0) is 13.8 Å². The average molecular weight is 179 g/mol. The standard InChI is InChI=1S/C5H11NO.C2H6OS/c1-5(2)6(3)4-7;1-4(2)3/h4-5H,1-3H3;1-2H3. The molecule has 1 amide bonds. The highest BCUT2D eigenvalue weighted by Crippen LogP contribution is 1.85. The predicted molar refractivity (Wildman–Crippen MR) is 49.0 cm³/mol. The van der Waals surface area contributed by atoms with E-state index in [1.807, 2.05) is 13.8 Å². The summed E-state index contributed by atoms with van der Waals surface area (Å²) in [5.41, 5.74) is 0. The summed E-state index contributed by atoms with van der Waals surface area (Å²) in [6.45, 7) is 3.93. The van der Waals surface area contributed by atoms with Crippen LogP contribution in [0.25, 0.3) is 0 Å². The number of carbonyl (C=O) groups is 1. The van der Waals surface area contributed by atoms with Gasteiger partial charge in [0.15, 0.2) is 0 Å². The maximum Gasteiger partial charge on any atom is 0.209 e. The summed E-state index contributed by atoms with van der Waals surface area (Å²) >= 11 is 0. The summed E-state index contributed by atoms with van der Waals surface area (Å²) in [6.07, 6.45) is 4.10. The highest BCUT2D eigenvalue weighted by Gasteiger charge is 1.94. The smallest absolute Gasteiger partial charge is 0.209 e. The molecule has 0 aromatic carbocycles. The summed E-state index contributed by atoms with van der Waals surface area (Å²) in [7, 11) is 1.15. The lowest BCUT2D eigenvalue weighted by atomic mass is 10.4. The minimum absolute atomic E-state index is 0.331. The fourth-order valence-electron chi connectivity index (χ4n) is 0.122. The van der Waals surface area contributed by atoms with Gasteiger partial charge in [-0.1, -0.05) is 0 Å². The normalized spacial score (nSPS) is 9.00. The number of nitrogens with zero attached hydrogens (tertiary/aromatic N) is 1. The molecule has 0 atom stereocenters. The lowest BCUT2D eigenvalue weighted by Gasteiger charge is -2.13. The third-order valence-corrected chi connectivity index (χ3v) is 0.981. The van der Waals surface area contributed by atoms with E-state index in [0.717, 1.165) is 6.41 Å². The van der Waals surface area contributed by atoms with Gasteiger partial charge in [0.2, 0.25) is 6.41 Å². The zero-order valence-corrected chi connectivity index (χ0v) is 8.64. The molecule has 0 rings (SSSR count). The van der Waals surface area contributed by atoms with Crippen molar-refractivity contribution in [3.8, 4) is 0 Å². The highest BCUT2D eigenvalue weighted by molar-refractivity contribution is 7.83. The zero-order valence-electron chi connectivity index (χ0n) is 7.83. The molecule has 3 nitrogen and oxygen atoms in total. The first-order chi connectivity index (χ1) is 4.91. The van der Waals surface area contributed by atoms with Crippen LogP contribution in [0.5, 0.6) is 0 Å². The van der Waals surface area contributed by atoms with Crippen molar-refractivity contribution in [2.24, 2.45) is 0 Å². The van der Waals surface area contributed by atoms with Crippen molar-refractivity contribution in [1.82, 2.24) is 4.90 Å². The SMILES string of the molecule is CC(C)N(C)C=O.CS(C)=O. The molecule has 68 valence electrons. The van der Waals surface area contributed by atoms with Crippen molar-refractivity contribution < 1.29 is 9.00 Å². The van der Waals surface area contributed by atoms with Gasteiger partial charge in [0.05, 0.1) is 0 Å². The van der Waals surface area contributed by atoms with Crippen LogP contribution in [0.15, 0.2) is 0 Å². The van der Waals surface area contributed by atoms with Gasteiger partial charge < -0.3 is 4.90 Å². The molecule has 0 fully saturated rings. The molecule has 11 heavy (non-hydrogen) atoms. The van der Waals surface area contributed by atoms with E-state index < -0.39 is 10.8 Å². The fraction of sp³-hybridized carbons (Fsp3) is 0.857. The Morgan fingerprint density at radius 3 is 1.64 bits per heavy atom. The van der Waals surface area contributed by atoms with Crippen molar-refractivity contribution in [2.75, 3.05) is 19.6 Å². The minimum Gasteiger partial charge on any atom is -0.346 e. The first-order valence-electron chi connectivity index (χ1n) is 3.34. The second-order valence-corrected chi connectivity index (χ2v) is 4.09. The molecule has 0 aliphatic heterocycles. The Morgan fingerprint density at radius 2 is 1.64 bits per heavy atom. The van der Waals surface area contributed by atoms with Gasteiger partial charge in [0.1, 0.15) is 0 Å². The molecule has 0 bridgehead atoms. The van der Waals surface area contributed by atoms with Gasteiger partial charge in [-0.25, -0.2) is 0 Å². The first-order valence-corrected chi connectivity index (χ1v) is 5.30. The molecular formula is C7H17NO2S. The summed E-state index contributed by atoms with van der Waals surface area (Å²) in [5.74, 6) is 0. The molecule has 0 spiro atoms. The van der Waals surface area contributed by atoms with Crippen LogP contribution in [0.4, 0.5) is 0 Å². The maximum atomic E-state index is 9.87. The Bertz CT molecular complexity index is 122. The van der Waals surface area contributed by atoms with E-state index >= 15 is 0 Å². The number of hydrogen-bond donors (Lipinski definition) is 0. The second-order valence-electron chi connectivity index (χ2n) is 2.61. The van der Waals surface area contributed by atoms with E-state index in [1.165, 1.54) is 0 Å². The molecule has 4 heteroatoms. The van der Waals surface area contributed by atoms with Crippen molar-refractivity contribution in [3.05, 3.63) is 0 Å². The molecule has 0 radical (unpaired) electrons. The molecule has 0 aromatic rings. The summed E-state index contributed by atoms with van der Waals surface area (Å²) in [5, 5.41) is 0. The van der Waals surface area contributed by atoms with Gasteiger partial charge in [0.25, 0.3) is 0 Å². The average Bonchev–Trinajstić information content (AvgIpc) is 1.85. The van der Waals surface area contributed by atoms with Gasteiger partial charge in [-0.3, -0.25) is 9.00 Å². The van der Waals surface area contributed by atoms with Crippen molar-refractivity contribution in [2.45, 2.75) is 19.9 Å². The Kier molecular flexibility index (Phi) is 9.29. The van der Waals surface area contributed by atoms with Crippen molar-refractivity contribution >= 4 is 17.2 Å². The third-order valence-electron chi connectivity index (χ3n) is 0.981. The molecule has 0 heterocycles. The van der Waals surface area contributed by atoms with Crippen LogP contribution in [0.3, 0.4) is 0 Å². The molecule has 0 N–H and O–H groups in total. The van der Waals surface area contributed by atoms with Gasteiger partial charge in [-0.15, -0.1) is 0 Å². The Morgan fingerprint density at radius 1 is 1.36 bits per heavy atom. The van der Waals surface area contributed by atoms with Gasteiger partial charge in [-0.2, -0.15) is 0 Å². The number of hydrogen-bond acceptors (Lipinski definition) is 2. The molecule has 0 aromatic heterocycles. The maximum absolute atomic E-state index is 9.87. The zero-order chi connectivity index (χ0) is 9.44. The van der Waals surface area contributed by atoms with E-state index in [0.29, 0.717) is 6.04 Å². The number of rotatable bonds is 2. The summed E-state index contributed by atoms with van der Waals surface area (Å²) in [6, 6.07) is 0.331. The Labute approximate surface area is 71.2 Å². The van der Waals surface area contributed by atoms with Gasteiger partial charge >= 0.3 is 0 Å². The fourth-order valence-corrected chi connectivity index (χ4v) is 0.122. The summed E-state index contributed by atoms with van der Waals surface area (Å²) in [4.78, 5) is 11.5.